The van der Waals surface area contributed by atoms with Gasteiger partial charge in [0.1, 0.15) is 18.3 Å². The number of amides is 2. The Bertz CT molecular complexity index is 941. The maximum atomic E-state index is 12.8. The number of benzene rings is 1. The third kappa shape index (κ3) is 5.87. The molecule has 2 aromatic rings. The van der Waals surface area contributed by atoms with Crippen molar-refractivity contribution in [1.82, 2.24) is 15.2 Å². The average molecular weight is 445 g/mol. The topological polar surface area (TPSA) is 95.3 Å². The van der Waals surface area contributed by atoms with Crippen LogP contribution >= 0.6 is 11.3 Å². The van der Waals surface area contributed by atoms with Crippen molar-refractivity contribution >= 4 is 23.2 Å². The summed E-state index contributed by atoms with van der Waals surface area (Å²) in [6.07, 6.45) is 1.44. The average Bonchev–Trinajstić information content (AvgIpc) is 3.27. The number of piperidine rings is 1. The number of nitrogens with one attached hydrogen (secondary N) is 1. The molecule has 31 heavy (non-hydrogen) atoms. The van der Waals surface area contributed by atoms with E-state index in [9.17, 15) is 14.0 Å². The molecule has 1 aliphatic heterocycles. The number of nitriles is 1. The summed E-state index contributed by atoms with van der Waals surface area (Å²) in [7, 11) is 0. The van der Waals surface area contributed by atoms with Gasteiger partial charge in [0.25, 0.3) is 0 Å². The molecule has 1 aliphatic rings. The highest BCUT2D eigenvalue weighted by Gasteiger charge is 2.35. The second-order valence-electron chi connectivity index (χ2n) is 7.35. The Morgan fingerprint density at radius 1 is 1.39 bits per heavy atom. The molecular weight excluding hydrogens is 419 g/mol. The second kappa shape index (κ2) is 11.0. The van der Waals surface area contributed by atoms with Crippen LogP contribution in [0.15, 0.2) is 29.6 Å². The van der Waals surface area contributed by atoms with Gasteiger partial charge in [0, 0.05) is 23.5 Å². The molecule has 1 fully saturated rings. The van der Waals surface area contributed by atoms with Gasteiger partial charge in [-0.05, 0) is 31.9 Å². The number of ether oxygens (including phenoxy) is 1. The summed E-state index contributed by atoms with van der Waals surface area (Å²) in [5.74, 6) is -0.632. The van der Waals surface area contributed by atoms with E-state index >= 15 is 0 Å². The minimum atomic E-state index is -0.627. The van der Waals surface area contributed by atoms with Crippen molar-refractivity contribution in [3.8, 4) is 17.3 Å². The Balaban J connectivity index is 1.54. The third-order valence-corrected chi connectivity index (χ3v) is 6.22. The first-order valence-electron chi connectivity index (χ1n) is 10.2. The Morgan fingerprint density at radius 3 is 2.87 bits per heavy atom. The first-order valence-corrected chi connectivity index (χ1v) is 11.1. The molecule has 0 bridgehead atoms. The highest BCUT2D eigenvalue weighted by atomic mass is 32.1. The minimum Gasteiger partial charge on any atom is -0.369 e. The van der Waals surface area contributed by atoms with Crippen LogP contribution < -0.4 is 5.32 Å². The van der Waals surface area contributed by atoms with Gasteiger partial charge in [0.2, 0.25) is 11.8 Å². The lowest BCUT2D eigenvalue weighted by Gasteiger charge is -2.38. The maximum absolute atomic E-state index is 12.8. The number of hydrogen-bond acceptors (Lipinski definition) is 6. The van der Waals surface area contributed by atoms with Crippen molar-refractivity contribution in [1.29, 1.82) is 5.26 Å². The predicted molar refractivity (Wildman–Crippen MR) is 115 cm³/mol. The predicted octanol–water partition coefficient (Wildman–Crippen LogP) is 2.91. The molecule has 9 heteroatoms. The molecule has 1 N–H and O–H groups in total. The van der Waals surface area contributed by atoms with Crippen LogP contribution in [0, 0.1) is 17.2 Å². The van der Waals surface area contributed by atoms with Gasteiger partial charge in [-0.1, -0.05) is 12.1 Å². The number of aromatic nitrogens is 1. The van der Waals surface area contributed by atoms with E-state index in [1.807, 2.05) is 24.4 Å². The summed E-state index contributed by atoms with van der Waals surface area (Å²) >= 11 is 1.46. The van der Waals surface area contributed by atoms with E-state index in [0.29, 0.717) is 25.1 Å². The monoisotopic (exact) mass is 444 g/mol. The van der Waals surface area contributed by atoms with Crippen LogP contribution in [-0.2, 0) is 20.9 Å². The van der Waals surface area contributed by atoms with E-state index in [0.717, 1.165) is 22.7 Å². The molecule has 2 atom stereocenters. The molecular formula is C22H25FN4O3S. The van der Waals surface area contributed by atoms with Crippen molar-refractivity contribution in [2.45, 2.75) is 32.4 Å². The lowest BCUT2D eigenvalue weighted by atomic mass is 9.89. The highest BCUT2D eigenvalue weighted by Crippen LogP contribution is 2.25. The van der Waals surface area contributed by atoms with Crippen LogP contribution in [0.3, 0.4) is 0 Å². The number of likely N-dealkylation sites (tertiary alicyclic amines) is 1. The third-order valence-electron chi connectivity index (χ3n) is 5.37. The summed E-state index contributed by atoms with van der Waals surface area (Å²) in [6, 6.07) is 9.03. The van der Waals surface area contributed by atoms with Crippen LogP contribution in [0.5, 0.6) is 0 Å². The van der Waals surface area contributed by atoms with Crippen molar-refractivity contribution in [2.75, 3.05) is 26.4 Å². The lowest BCUT2D eigenvalue weighted by Crippen LogP contribution is -2.52. The van der Waals surface area contributed by atoms with Gasteiger partial charge >= 0.3 is 0 Å². The molecule has 3 rings (SSSR count). The zero-order valence-electron chi connectivity index (χ0n) is 17.3. The number of carbonyl (C=O) groups excluding carboxylic acids is 2. The highest BCUT2D eigenvalue weighted by molar-refractivity contribution is 7.09. The number of halogens is 1. The molecule has 2 heterocycles. The van der Waals surface area contributed by atoms with Gasteiger partial charge in [-0.2, -0.15) is 5.26 Å². The van der Waals surface area contributed by atoms with E-state index in [4.69, 9.17) is 10.00 Å². The van der Waals surface area contributed by atoms with E-state index < -0.39 is 6.67 Å². The standard InChI is InChI=1S/C22H25FN4O3S/c1-15-18(3-2-9-27(15)21(28)13-30-10-8-23)22(29)25-12-20-26-19(14-31-20)17-6-4-16(11-24)5-7-17/h4-7,14-15,18H,2-3,8-10,12-13H2,1H3,(H,25,29)/t15-,18-/m0/s1. The minimum absolute atomic E-state index is 0.101. The summed E-state index contributed by atoms with van der Waals surface area (Å²) in [4.78, 5) is 31.3. The number of thiazole rings is 1. The zero-order valence-corrected chi connectivity index (χ0v) is 18.2. The van der Waals surface area contributed by atoms with Crippen molar-refractivity contribution in [3.63, 3.8) is 0 Å². The van der Waals surface area contributed by atoms with Crippen molar-refractivity contribution in [3.05, 3.63) is 40.2 Å². The van der Waals surface area contributed by atoms with Gasteiger partial charge < -0.3 is 15.0 Å². The fourth-order valence-electron chi connectivity index (χ4n) is 3.68. The van der Waals surface area contributed by atoms with Crippen molar-refractivity contribution in [2.24, 2.45) is 5.92 Å². The quantitative estimate of drug-likeness (QED) is 0.632. The van der Waals surface area contributed by atoms with Gasteiger partial charge in [0.05, 0.1) is 36.4 Å². The molecule has 164 valence electrons. The van der Waals surface area contributed by atoms with Crippen molar-refractivity contribution < 1.29 is 18.7 Å². The Hall–Kier alpha value is -2.83. The number of hydrogen-bond donors (Lipinski definition) is 1. The molecule has 0 unspecified atom stereocenters. The molecule has 0 saturated carbocycles. The number of carbonyl (C=O) groups is 2. The lowest BCUT2D eigenvalue weighted by molar-refractivity contribution is -0.143. The Kier molecular flexibility index (Phi) is 8.09. The summed E-state index contributed by atoms with van der Waals surface area (Å²) in [6.45, 7) is 1.86. The largest absolute Gasteiger partial charge is 0.369 e. The first-order chi connectivity index (χ1) is 15.0. The van der Waals surface area contributed by atoms with Crippen LogP contribution in [0.1, 0.15) is 30.3 Å². The van der Waals surface area contributed by atoms with Crippen LogP contribution in [0.2, 0.25) is 0 Å². The van der Waals surface area contributed by atoms with E-state index in [2.05, 4.69) is 16.4 Å². The van der Waals surface area contributed by atoms with Gasteiger partial charge in [-0.15, -0.1) is 11.3 Å². The van der Waals surface area contributed by atoms with Gasteiger partial charge in [0.15, 0.2) is 0 Å². The molecule has 1 saturated heterocycles. The summed E-state index contributed by atoms with van der Waals surface area (Å²) in [5, 5.41) is 14.5. The maximum Gasteiger partial charge on any atom is 0.248 e. The van der Waals surface area contributed by atoms with Crippen LogP contribution in [0.4, 0.5) is 4.39 Å². The molecule has 1 aromatic heterocycles. The van der Waals surface area contributed by atoms with E-state index in [1.54, 1.807) is 17.0 Å². The molecule has 1 aromatic carbocycles. The van der Waals surface area contributed by atoms with Crippen LogP contribution in [0.25, 0.3) is 11.3 Å². The Labute approximate surface area is 184 Å². The van der Waals surface area contributed by atoms with E-state index in [1.165, 1.54) is 11.3 Å². The molecule has 0 spiro atoms. The Morgan fingerprint density at radius 2 is 2.16 bits per heavy atom. The second-order valence-corrected chi connectivity index (χ2v) is 8.29. The van der Waals surface area contributed by atoms with Crippen LogP contribution in [-0.4, -0.2) is 54.2 Å². The summed E-state index contributed by atoms with van der Waals surface area (Å²) in [5.41, 5.74) is 2.31. The smallest absolute Gasteiger partial charge is 0.248 e. The van der Waals surface area contributed by atoms with E-state index in [-0.39, 0.29) is 37.0 Å². The number of rotatable bonds is 8. The molecule has 2 amide bonds. The summed E-state index contributed by atoms with van der Waals surface area (Å²) < 4.78 is 17.2. The molecule has 7 nitrogen and oxygen atoms in total. The first kappa shape index (κ1) is 22.8. The fraction of sp³-hybridized carbons (Fsp3) is 0.455. The number of alkyl halides is 1. The SMILES string of the molecule is C[C@H]1[C@@H](C(=O)NCc2nc(-c3ccc(C#N)cc3)cs2)CCCN1C(=O)COCCF. The zero-order chi connectivity index (χ0) is 22.2. The van der Waals surface area contributed by atoms with Gasteiger partial charge in [-0.25, -0.2) is 9.37 Å². The molecule has 0 aliphatic carbocycles. The van der Waals surface area contributed by atoms with Gasteiger partial charge in [-0.3, -0.25) is 9.59 Å². The number of nitrogens with zero attached hydrogens (tertiary/aromatic N) is 3. The fourth-order valence-corrected chi connectivity index (χ4v) is 4.42. The molecule has 0 radical (unpaired) electrons. The normalized spacial score (nSPS) is 18.4.